The second kappa shape index (κ2) is 7.46. The van der Waals surface area contributed by atoms with Crippen LogP contribution in [0, 0.1) is 12.7 Å². The second-order valence-corrected chi connectivity index (χ2v) is 4.58. The molecule has 2 unspecified atom stereocenters. The predicted octanol–water partition coefficient (Wildman–Crippen LogP) is 1.88. The highest BCUT2D eigenvalue weighted by molar-refractivity contribution is 5.26. The summed E-state index contributed by atoms with van der Waals surface area (Å²) in [5.41, 5.74) is 7.24. The summed E-state index contributed by atoms with van der Waals surface area (Å²) in [6, 6.07) is 5.33. The molecular weight excluding hydrogens is 231 g/mol. The van der Waals surface area contributed by atoms with Crippen LogP contribution in [0.2, 0.25) is 0 Å². The van der Waals surface area contributed by atoms with Crippen LogP contribution in [0.1, 0.15) is 36.9 Å². The van der Waals surface area contributed by atoms with E-state index in [9.17, 15) is 4.39 Å². The maximum Gasteiger partial charge on any atom is 0.126 e. The zero-order valence-electron chi connectivity index (χ0n) is 11.1. The molecule has 0 aliphatic carbocycles. The number of aliphatic hydroxyl groups excluding tert-OH is 1. The van der Waals surface area contributed by atoms with Gasteiger partial charge in [0.25, 0.3) is 0 Å². The molecule has 0 aromatic heterocycles. The highest BCUT2D eigenvalue weighted by Gasteiger charge is 2.15. The van der Waals surface area contributed by atoms with Gasteiger partial charge in [0.2, 0.25) is 0 Å². The van der Waals surface area contributed by atoms with Gasteiger partial charge in [0.15, 0.2) is 0 Å². The standard InChI is InChI=1S/C14H23FN2O/c1-3-12(6-7-18)17-14(9-16)11-5-4-10(2)13(15)8-11/h4-5,8,12,14,17-18H,3,6-7,9,16H2,1-2H3. The molecule has 4 heteroatoms. The molecule has 3 nitrogen and oxygen atoms in total. The van der Waals surface area contributed by atoms with Crippen LogP contribution in [-0.2, 0) is 0 Å². The maximum absolute atomic E-state index is 13.5. The largest absolute Gasteiger partial charge is 0.396 e. The van der Waals surface area contributed by atoms with E-state index in [1.165, 1.54) is 6.07 Å². The molecule has 102 valence electrons. The number of nitrogens with one attached hydrogen (secondary N) is 1. The number of aliphatic hydroxyl groups is 1. The fourth-order valence-corrected chi connectivity index (χ4v) is 1.97. The highest BCUT2D eigenvalue weighted by Crippen LogP contribution is 2.17. The van der Waals surface area contributed by atoms with Gasteiger partial charge < -0.3 is 16.2 Å². The molecule has 0 saturated carbocycles. The van der Waals surface area contributed by atoms with Crippen molar-refractivity contribution in [2.45, 2.75) is 38.8 Å². The zero-order valence-corrected chi connectivity index (χ0v) is 11.1. The average molecular weight is 254 g/mol. The van der Waals surface area contributed by atoms with Gasteiger partial charge in [0, 0.05) is 25.2 Å². The molecule has 1 aromatic carbocycles. The SMILES string of the molecule is CCC(CCO)NC(CN)c1ccc(C)c(F)c1. The van der Waals surface area contributed by atoms with Crippen LogP contribution < -0.4 is 11.1 Å². The van der Waals surface area contributed by atoms with Crippen molar-refractivity contribution >= 4 is 0 Å². The lowest BCUT2D eigenvalue weighted by atomic mass is 10.0. The van der Waals surface area contributed by atoms with E-state index < -0.39 is 0 Å². The van der Waals surface area contributed by atoms with Crippen molar-refractivity contribution in [3.8, 4) is 0 Å². The first-order chi connectivity index (χ1) is 8.62. The number of hydrogen-bond acceptors (Lipinski definition) is 3. The number of rotatable bonds is 7. The fourth-order valence-electron chi connectivity index (χ4n) is 1.97. The second-order valence-electron chi connectivity index (χ2n) is 4.58. The average Bonchev–Trinajstić information content (AvgIpc) is 2.38. The van der Waals surface area contributed by atoms with Crippen molar-refractivity contribution in [2.75, 3.05) is 13.2 Å². The Bertz CT molecular complexity index is 371. The van der Waals surface area contributed by atoms with Gasteiger partial charge >= 0.3 is 0 Å². The Kier molecular flexibility index (Phi) is 6.25. The fraction of sp³-hybridized carbons (Fsp3) is 0.571. The van der Waals surface area contributed by atoms with Gasteiger partial charge in [-0.05, 0) is 37.0 Å². The molecule has 0 fully saturated rings. The van der Waals surface area contributed by atoms with Gasteiger partial charge in [-0.25, -0.2) is 4.39 Å². The number of hydrogen-bond donors (Lipinski definition) is 3. The van der Waals surface area contributed by atoms with E-state index in [0.717, 1.165) is 12.0 Å². The van der Waals surface area contributed by atoms with Crippen molar-refractivity contribution < 1.29 is 9.50 Å². The van der Waals surface area contributed by atoms with Crippen LogP contribution in [0.15, 0.2) is 18.2 Å². The number of aryl methyl sites for hydroxylation is 1. The third-order valence-corrected chi connectivity index (χ3v) is 3.24. The molecule has 0 amide bonds. The smallest absolute Gasteiger partial charge is 0.126 e. The molecule has 4 N–H and O–H groups in total. The molecule has 18 heavy (non-hydrogen) atoms. The van der Waals surface area contributed by atoms with E-state index >= 15 is 0 Å². The highest BCUT2D eigenvalue weighted by atomic mass is 19.1. The number of benzene rings is 1. The quantitative estimate of drug-likeness (QED) is 0.696. The lowest BCUT2D eigenvalue weighted by molar-refractivity contribution is 0.255. The Morgan fingerprint density at radius 2 is 2.17 bits per heavy atom. The summed E-state index contributed by atoms with van der Waals surface area (Å²) in [4.78, 5) is 0. The van der Waals surface area contributed by atoms with E-state index in [-0.39, 0.29) is 24.5 Å². The van der Waals surface area contributed by atoms with Gasteiger partial charge in [0.05, 0.1) is 0 Å². The third-order valence-electron chi connectivity index (χ3n) is 3.24. The Balaban J connectivity index is 2.78. The van der Waals surface area contributed by atoms with Gasteiger partial charge in [0.1, 0.15) is 5.82 Å². The van der Waals surface area contributed by atoms with Crippen LogP contribution >= 0.6 is 0 Å². The van der Waals surface area contributed by atoms with E-state index in [1.54, 1.807) is 13.0 Å². The molecule has 1 rings (SSSR count). The number of nitrogens with two attached hydrogens (primary N) is 1. The predicted molar refractivity (Wildman–Crippen MR) is 71.8 cm³/mol. The van der Waals surface area contributed by atoms with Crippen LogP contribution in [0.3, 0.4) is 0 Å². The van der Waals surface area contributed by atoms with Crippen LogP contribution in [0.25, 0.3) is 0 Å². The third kappa shape index (κ3) is 4.05. The molecule has 0 saturated heterocycles. The summed E-state index contributed by atoms with van der Waals surface area (Å²) in [6.45, 7) is 4.34. The minimum Gasteiger partial charge on any atom is -0.396 e. The minimum atomic E-state index is -0.206. The molecule has 0 spiro atoms. The van der Waals surface area contributed by atoms with Crippen molar-refractivity contribution in [1.29, 1.82) is 0 Å². The van der Waals surface area contributed by atoms with Crippen molar-refractivity contribution in [1.82, 2.24) is 5.32 Å². The van der Waals surface area contributed by atoms with E-state index in [4.69, 9.17) is 10.8 Å². The van der Waals surface area contributed by atoms with Crippen LogP contribution in [0.5, 0.6) is 0 Å². The van der Waals surface area contributed by atoms with Gasteiger partial charge in [-0.3, -0.25) is 0 Å². The van der Waals surface area contributed by atoms with Gasteiger partial charge in [-0.15, -0.1) is 0 Å². The van der Waals surface area contributed by atoms with E-state index in [2.05, 4.69) is 12.2 Å². The maximum atomic E-state index is 13.5. The zero-order chi connectivity index (χ0) is 13.5. The van der Waals surface area contributed by atoms with Gasteiger partial charge in [-0.1, -0.05) is 19.1 Å². The summed E-state index contributed by atoms with van der Waals surface area (Å²) in [7, 11) is 0. The Morgan fingerprint density at radius 3 is 2.67 bits per heavy atom. The molecule has 0 radical (unpaired) electrons. The van der Waals surface area contributed by atoms with Crippen molar-refractivity contribution in [3.63, 3.8) is 0 Å². The summed E-state index contributed by atoms with van der Waals surface area (Å²) >= 11 is 0. The molecule has 0 bridgehead atoms. The topological polar surface area (TPSA) is 58.3 Å². The molecular formula is C14H23FN2O. The minimum absolute atomic E-state index is 0.0726. The number of halogens is 1. The van der Waals surface area contributed by atoms with Crippen molar-refractivity contribution in [3.05, 3.63) is 35.1 Å². The first kappa shape index (κ1) is 15.1. The first-order valence-corrected chi connectivity index (χ1v) is 6.45. The Labute approximate surface area is 108 Å². The lowest BCUT2D eigenvalue weighted by Gasteiger charge is -2.24. The van der Waals surface area contributed by atoms with E-state index in [1.807, 2.05) is 6.07 Å². The molecule has 2 atom stereocenters. The van der Waals surface area contributed by atoms with Crippen LogP contribution in [-0.4, -0.2) is 24.3 Å². The molecule has 0 aliphatic rings. The van der Waals surface area contributed by atoms with Gasteiger partial charge in [-0.2, -0.15) is 0 Å². The summed E-state index contributed by atoms with van der Waals surface area (Å²) in [5, 5.41) is 12.3. The monoisotopic (exact) mass is 254 g/mol. The Hall–Kier alpha value is -0.970. The summed E-state index contributed by atoms with van der Waals surface area (Å²) in [6.07, 6.45) is 1.59. The molecule has 1 aromatic rings. The summed E-state index contributed by atoms with van der Waals surface area (Å²) in [5.74, 6) is -0.206. The first-order valence-electron chi connectivity index (χ1n) is 6.45. The lowest BCUT2D eigenvalue weighted by Crippen LogP contribution is -2.37. The van der Waals surface area contributed by atoms with Crippen LogP contribution in [0.4, 0.5) is 4.39 Å². The van der Waals surface area contributed by atoms with Crippen molar-refractivity contribution in [2.24, 2.45) is 5.73 Å². The Morgan fingerprint density at radius 1 is 1.44 bits per heavy atom. The normalized spacial score (nSPS) is 14.5. The summed E-state index contributed by atoms with van der Waals surface area (Å²) < 4.78 is 13.5. The molecule has 0 aliphatic heterocycles. The molecule has 0 heterocycles. The van der Waals surface area contributed by atoms with E-state index in [0.29, 0.717) is 18.5 Å².